The molecular formula is C24H22FN9O2. The molecule has 0 aliphatic carbocycles. The smallest absolute Gasteiger partial charge is 0.288 e. The molecule has 4 heterocycles. The van der Waals surface area contributed by atoms with Gasteiger partial charge in [-0.1, -0.05) is 0 Å². The Morgan fingerprint density at radius 1 is 0.917 bits per heavy atom. The number of hydrogen-bond acceptors (Lipinski definition) is 10. The molecule has 0 saturated carbocycles. The Kier molecular flexibility index (Phi) is 6.85. The van der Waals surface area contributed by atoms with E-state index in [1.807, 2.05) is 24.3 Å². The van der Waals surface area contributed by atoms with E-state index in [9.17, 15) is 9.18 Å². The molecule has 0 unspecified atom stereocenters. The molecule has 0 spiro atoms. The highest BCUT2D eigenvalue weighted by atomic mass is 19.1. The van der Waals surface area contributed by atoms with E-state index in [1.54, 1.807) is 41.7 Å². The van der Waals surface area contributed by atoms with Gasteiger partial charge >= 0.3 is 0 Å². The van der Waals surface area contributed by atoms with Crippen LogP contribution in [0, 0.1) is 5.82 Å². The second kappa shape index (κ2) is 10.7. The zero-order valence-corrected chi connectivity index (χ0v) is 19.1. The predicted molar refractivity (Wildman–Crippen MR) is 131 cm³/mol. The normalized spacial score (nSPS) is 13.2. The highest BCUT2D eigenvalue weighted by Gasteiger charge is 2.18. The number of aromatic nitrogens is 5. The number of pyridine rings is 1. The molecule has 36 heavy (non-hydrogen) atoms. The van der Waals surface area contributed by atoms with E-state index in [4.69, 9.17) is 4.74 Å². The van der Waals surface area contributed by atoms with Crippen molar-refractivity contribution in [1.29, 1.82) is 0 Å². The Morgan fingerprint density at radius 2 is 1.67 bits per heavy atom. The molecule has 1 aliphatic heterocycles. The summed E-state index contributed by atoms with van der Waals surface area (Å²) in [6, 6.07) is 12.7. The van der Waals surface area contributed by atoms with Crippen LogP contribution < -0.4 is 21.1 Å². The van der Waals surface area contributed by atoms with Crippen molar-refractivity contribution in [1.82, 2.24) is 30.3 Å². The molecule has 3 aromatic heterocycles. The number of amides is 1. The highest BCUT2D eigenvalue weighted by molar-refractivity contribution is 5.93. The summed E-state index contributed by atoms with van der Waals surface area (Å²) in [4.78, 5) is 35.0. The number of benzene rings is 1. The second-order valence-electron chi connectivity index (χ2n) is 7.75. The van der Waals surface area contributed by atoms with Crippen LogP contribution in [-0.2, 0) is 4.74 Å². The van der Waals surface area contributed by atoms with Crippen LogP contribution in [0.3, 0.4) is 0 Å². The molecule has 1 aromatic carbocycles. The maximum atomic E-state index is 14.2. The third kappa shape index (κ3) is 5.50. The number of hydrazine groups is 1. The van der Waals surface area contributed by atoms with Crippen molar-refractivity contribution in [2.75, 3.05) is 41.9 Å². The molecule has 182 valence electrons. The van der Waals surface area contributed by atoms with Gasteiger partial charge in [0.25, 0.3) is 5.91 Å². The number of carbonyl (C=O) groups excluding carboxylic acids is 1. The highest BCUT2D eigenvalue weighted by Crippen LogP contribution is 2.21. The van der Waals surface area contributed by atoms with Gasteiger partial charge in [-0.2, -0.15) is 4.98 Å². The number of rotatable bonds is 7. The Morgan fingerprint density at radius 3 is 2.39 bits per heavy atom. The van der Waals surface area contributed by atoms with Gasteiger partial charge in [-0.25, -0.2) is 24.3 Å². The average Bonchev–Trinajstić information content (AvgIpc) is 2.94. The van der Waals surface area contributed by atoms with Crippen molar-refractivity contribution < 1.29 is 13.9 Å². The van der Waals surface area contributed by atoms with E-state index >= 15 is 0 Å². The number of nitrogens with zero attached hydrogens (tertiary/aromatic N) is 6. The molecule has 0 radical (unpaired) electrons. The van der Waals surface area contributed by atoms with Crippen LogP contribution in [0.2, 0.25) is 0 Å². The van der Waals surface area contributed by atoms with E-state index in [0.29, 0.717) is 37.8 Å². The van der Waals surface area contributed by atoms with Crippen LogP contribution in [0.5, 0.6) is 0 Å². The molecule has 3 N–H and O–H groups in total. The van der Waals surface area contributed by atoms with E-state index in [2.05, 4.69) is 41.1 Å². The quantitative estimate of drug-likeness (QED) is 0.335. The van der Waals surface area contributed by atoms with Crippen molar-refractivity contribution in [2.45, 2.75) is 0 Å². The number of hydrogen-bond donors (Lipinski definition) is 3. The van der Waals surface area contributed by atoms with Crippen LogP contribution in [0.15, 0.2) is 67.3 Å². The molecule has 12 heteroatoms. The summed E-state index contributed by atoms with van der Waals surface area (Å²) in [6.45, 7) is 2.03. The fourth-order valence-electron chi connectivity index (χ4n) is 3.51. The zero-order valence-electron chi connectivity index (χ0n) is 19.1. The summed E-state index contributed by atoms with van der Waals surface area (Å²) >= 11 is 0. The molecule has 5 rings (SSSR count). The summed E-state index contributed by atoms with van der Waals surface area (Å²) < 4.78 is 19.5. The van der Waals surface area contributed by atoms with Crippen molar-refractivity contribution in [3.8, 4) is 11.4 Å². The van der Waals surface area contributed by atoms with E-state index in [0.717, 1.165) is 17.4 Å². The lowest BCUT2D eigenvalue weighted by molar-refractivity contribution is 0.0957. The standard InChI is InChI=1S/C24H22FN9O2/c25-19-15-29-24(31-22(19)34-10-12-36-13-11-34)33-32-23(35)20-7-6-18(14-28-20)30-17-4-2-16(3-5-17)21-26-8-1-9-27-21/h1-9,14-15,30H,10-13H2,(H,32,35)(H,29,31,33). The minimum absolute atomic E-state index is 0.0638. The fourth-order valence-corrected chi connectivity index (χ4v) is 3.51. The van der Waals surface area contributed by atoms with Crippen LogP contribution in [-0.4, -0.2) is 57.1 Å². The lowest BCUT2D eigenvalue weighted by Crippen LogP contribution is -2.38. The molecule has 11 nitrogen and oxygen atoms in total. The summed E-state index contributed by atoms with van der Waals surface area (Å²) in [5.74, 6) is -0.161. The third-order valence-corrected chi connectivity index (χ3v) is 5.32. The minimum atomic E-state index is -0.540. The molecule has 1 amide bonds. The number of morpholine rings is 1. The lowest BCUT2D eigenvalue weighted by Gasteiger charge is -2.28. The second-order valence-corrected chi connectivity index (χ2v) is 7.75. The maximum Gasteiger partial charge on any atom is 0.288 e. The van der Waals surface area contributed by atoms with Gasteiger partial charge in [-0.15, -0.1) is 0 Å². The van der Waals surface area contributed by atoms with Crippen LogP contribution >= 0.6 is 0 Å². The number of halogens is 1. The van der Waals surface area contributed by atoms with Crippen LogP contribution in [0.4, 0.5) is 27.5 Å². The summed E-state index contributed by atoms with van der Waals surface area (Å²) in [7, 11) is 0. The lowest BCUT2D eigenvalue weighted by atomic mass is 10.2. The molecule has 1 saturated heterocycles. The summed E-state index contributed by atoms with van der Waals surface area (Å²) in [5.41, 5.74) is 7.73. The van der Waals surface area contributed by atoms with Gasteiger partial charge in [-0.05, 0) is 42.5 Å². The molecule has 1 fully saturated rings. The van der Waals surface area contributed by atoms with Crippen molar-refractivity contribution >= 4 is 29.0 Å². The number of anilines is 4. The molecule has 0 atom stereocenters. The first-order valence-corrected chi connectivity index (χ1v) is 11.2. The van der Waals surface area contributed by atoms with E-state index in [1.165, 1.54) is 0 Å². The van der Waals surface area contributed by atoms with E-state index in [-0.39, 0.29) is 17.5 Å². The van der Waals surface area contributed by atoms with Gasteiger partial charge in [0, 0.05) is 36.7 Å². The van der Waals surface area contributed by atoms with Gasteiger partial charge < -0.3 is 15.0 Å². The summed E-state index contributed by atoms with van der Waals surface area (Å²) in [6.07, 6.45) is 6.00. The Balaban J connectivity index is 1.17. The fraction of sp³-hybridized carbons (Fsp3) is 0.167. The maximum absolute atomic E-state index is 14.2. The molecule has 4 aromatic rings. The van der Waals surface area contributed by atoms with Gasteiger partial charge in [-0.3, -0.25) is 15.6 Å². The monoisotopic (exact) mass is 487 g/mol. The van der Waals surface area contributed by atoms with Crippen molar-refractivity contribution in [3.63, 3.8) is 0 Å². The van der Waals surface area contributed by atoms with Crippen LogP contribution in [0.1, 0.15) is 10.5 Å². The van der Waals surface area contributed by atoms with Gasteiger partial charge in [0.2, 0.25) is 5.95 Å². The molecular weight excluding hydrogens is 465 g/mol. The van der Waals surface area contributed by atoms with Crippen molar-refractivity contribution in [3.05, 3.63) is 78.8 Å². The summed E-state index contributed by atoms with van der Waals surface area (Å²) in [5, 5.41) is 3.23. The predicted octanol–water partition coefficient (Wildman–Crippen LogP) is 2.80. The minimum Gasteiger partial charge on any atom is -0.378 e. The van der Waals surface area contributed by atoms with Gasteiger partial charge in [0.1, 0.15) is 5.69 Å². The molecule has 1 aliphatic rings. The SMILES string of the molecule is O=C(NNc1ncc(F)c(N2CCOCC2)n1)c1ccc(Nc2ccc(-c3ncccn3)cc2)cn1. The Hall–Kier alpha value is -4.71. The van der Waals surface area contributed by atoms with Gasteiger partial charge in [0.15, 0.2) is 17.5 Å². The van der Waals surface area contributed by atoms with E-state index < -0.39 is 11.7 Å². The topological polar surface area (TPSA) is 130 Å². The Labute approximate surface area is 205 Å². The average molecular weight is 487 g/mol. The first-order chi connectivity index (χ1) is 17.7. The first-order valence-electron chi connectivity index (χ1n) is 11.2. The molecule has 0 bridgehead atoms. The van der Waals surface area contributed by atoms with Crippen LogP contribution in [0.25, 0.3) is 11.4 Å². The number of ether oxygens (including phenoxy) is 1. The Bertz CT molecular complexity index is 1320. The first kappa shape index (κ1) is 23.1. The largest absolute Gasteiger partial charge is 0.378 e. The number of nitrogens with one attached hydrogen (secondary N) is 3. The van der Waals surface area contributed by atoms with Gasteiger partial charge in [0.05, 0.1) is 31.3 Å². The third-order valence-electron chi connectivity index (χ3n) is 5.32. The number of carbonyl (C=O) groups is 1. The zero-order chi connectivity index (χ0) is 24.7. The van der Waals surface area contributed by atoms with Crippen molar-refractivity contribution in [2.24, 2.45) is 0 Å².